The predicted octanol–water partition coefficient (Wildman–Crippen LogP) is 0.0117. The van der Waals surface area contributed by atoms with Gasteiger partial charge in [0.2, 0.25) is 0 Å². The van der Waals surface area contributed by atoms with Crippen molar-refractivity contribution in [3.05, 3.63) is 12.2 Å². The average molecular weight is 267 g/mol. The molecular formula is C11H17N5O3. The van der Waals surface area contributed by atoms with Crippen molar-refractivity contribution in [1.29, 1.82) is 0 Å². The summed E-state index contributed by atoms with van der Waals surface area (Å²) in [5, 5.41) is 21.8. The van der Waals surface area contributed by atoms with Crippen LogP contribution in [-0.4, -0.2) is 37.4 Å². The van der Waals surface area contributed by atoms with Gasteiger partial charge in [-0.05, 0) is 19.3 Å². The third-order valence-electron chi connectivity index (χ3n) is 3.39. The van der Waals surface area contributed by atoms with Crippen molar-refractivity contribution >= 4 is 12.0 Å². The molecular weight excluding hydrogens is 250 g/mol. The van der Waals surface area contributed by atoms with Gasteiger partial charge in [0.25, 0.3) is 0 Å². The monoisotopic (exact) mass is 267 g/mol. The van der Waals surface area contributed by atoms with E-state index in [0.717, 1.165) is 6.42 Å². The number of carbonyl (C=O) groups is 2. The zero-order valence-electron chi connectivity index (χ0n) is 10.7. The van der Waals surface area contributed by atoms with Gasteiger partial charge in [0.05, 0.1) is 18.5 Å². The minimum absolute atomic E-state index is 0.0373. The van der Waals surface area contributed by atoms with Crippen LogP contribution in [0.25, 0.3) is 0 Å². The number of carboxylic acid groups (broad SMARTS) is 1. The highest BCUT2D eigenvalue weighted by Gasteiger charge is 2.40. The number of nitrogens with zero attached hydrogens (tertiary/aromatic N) is 3. The lowest BCUT2D eigenvalue weighted by molar-refractivity contribution is -0.139. The molecule has 1 aromatic rings. The zero-order valence-corrected chi connectivity index (χ0v) is 10.7. The lowest BCUT2D eigenvalue weighted by Gasteiger charge is -2.41. The van der Waals surface area contributed by atoms with E-state index < -0.39 is 11.5 Å². The maximum absolute atomic E-state index is 11.8. The SMILES string of the molecule is Cn1cnnc1CNC(=O)NC1(CC(=O)O)CCC1. The van der Waals surface area contributed by atoms with Gasteiger partial charge in [0, 0.05) is 7.05 Å². The van der Waals surface area contributed by atoms with E-state index in [1.54, 1.807) is 17.9 Å². The average Bonchev–Trinajstić information content (AvgIpc) is 2.68. The van der Waals surface area contributed by atoms with Crippen molar-refractivity contribution in [1.82, 2.24) is 25.4 Å². The molecule has 0 bridgehead atoms. The number of carboxylic acids is 1. The molecule has 0 aliphatic heterocycles. The van der Waals surface area contributed by atoms with Crippen LogP contribution in [0.1, 0.15) is 31.5 Å². The van der Waals surface area contributed by atoms with Crippen LogP contribution in [0.3, 0.4) is 0 Å². The van der Waals surface area contributed by atoms with Crippen LogP contribution in [0, 0.1) is 0 Å². The first kappa shape index (κ1) is 13.3. The fourth-order valence-electron chi connectivity index (χ4n) is 2.15. The summed E-state index contributed by atoms with van der Waals surface area (Å²) in [6, 6.07) is -0.371. The smallest absolute Gasteiger partial charge is 0.315 e. The van der Waals surface area contributed by atoms with Crippen LogP contribution in [0.5, 0.6) is 0 Å². The molecule has 1 aliphatic carbocycles. The fourth-order valence-corrected chi connectivity index (χ4v) is 2.15. The molecule has 0 unspecified atom stereocenters. The van der Waals surface area contributed by atoms with Gasteiger partial charge in [-0.25, -0.2) is 4.79 Å². The third kappa shape index (κ3) is 3.21. The maximum atomic E-state index is 11.8. The molecule has 0 saturated heterocycles. The number of aryl methyl sites for hydroxylation is 1. The highest BCUT2D eigenvalue weighted by Crippen LogP contribution is 2.34. The largest absolute Gasteiger partial charge is 0.481 e. The van der Waals surface area contributed by atoms with E-state index in [4.69, 9.17) is 5.11 Å². The second kappa shape index (κ2) is 5.25. The fraction of sp³-hybridized carbons (Fsp3) is 0.636. The van der Waals surface area contributed by atoms with Crippen LogP contribution in [0.4, 0.5) is 4.79 Å². The molecule has 19 heavy (non-hydrogen) atoms. The number of hydrogen-bond acceptors (Lipinski definition) is 4. The van der Waals surface area contributed by atoms with E-state index in [-0.39, 0.29) is 19.0 Å². The topological polar surface area (TPSA) is 109 Å². The van der Waals surface area contributed by atoms with E-state index >= 15 is 0 Å². The maximum Gasteiger partial charge on any atom is 0.315 e. The predicted molar refractivity (Wildman–Crippen MR) is 65.2 cm³/mol. The summed E-state index contributed by atoms with van der Waals surface area (Å²) in [4.78, 5) is 22.6. The van der Waals surface area contributed by atoms with Gasteiger partial charge in [-0.2, -0.15) is 0 Å². The Morgan fingerprint density at radius 1 is 1.53 bits per heavy atom. The van der Waals surface area contributed by atoms with E-state index in [1.165, 1.54) is 0 Å². The van der Waals surface area contributed by atoms with Crippen LogP contribution in [0.2, 0.25) is 0 Å². The molecule has 2 amide bonds. The van der Waals surface area contributed by atoms with E-state index in [9.17, 15) is 9.59 Å². The van der Waals surface area contributed by atoms with Gasteiger partial charge < -0.3 is 20.3 Å². The number of hydrogen-bond donors (Lipinski definition) is 3. The molecule has 1 aliphatic rings. The van der Waals surface area contributed by atoms with Gasteiger partial charge in [0.15, 0.2) is 5.82 Å². The second-order valence-electron chi connectivity index (χ2n) is 4.87. The summed E-state index contributed by atoms with van der Waals surface area (Å²) < 4.78 is 1.71. The first-order valence-corrected chi connectivity index (χ1v) is 6.11. The summed E-state index contributed by atoms with van der Waals surface area (Å²) in [5.41, 5.74) is -0.587. The molecule has 0 aromatic carbocycles. The quantitative estimate of drug-likeness (QED) is 0.696. The summed E-state index contributed by atoms with van der Waals surface area (Å²) in [5.74, 6) is -0.260. The van der Waals surface area contributed by atoms with Gasteiger partial charge >= 0.3 is 12.0 Å². The highest BCUT2D eigenvalue weighted by atomic mass is 16.4. The molecule has 1 fully saturated rings. The molecule has 1 saturated carbocycles. The number of aliphatic carboxylic acids is 1. The zero-order chi connectivity index (χ0) is 13.9. The second-order valence-corrected chi connectivity index (χ2v) is 4.87. The molecule has 8 heteroatoms. The molecule has 2 rings (SSSR count). The first-order chi connectivity index (χ1) is 9.01. The highest BCUT2D eigenvalue weighted by molar-refractivity contribution is 5.77. The number of rotatable bonds is 5. The normalized spacial score (nSPS) is 16.5. The Labute approximate surface area is 110 Å². The van der Waals surface area contributed by atoms with Crippen LogP contribution >= 0.6 is 0 Å². The molecule has 0 spiro atoms. The lowest BCUT2D eigenvalue weighted by atomic mass is 9.74. The molecule has 1 aromatic heterocycles. The molecule has 1 heterocycles. The van der Waals surface area contributed by atoms with Crippen molar-refractivity contribution in [2.24, 2.45) is 7.05 Å². The Bertz CT molecular complexity index is 480. The number of aromatic nitrogens is 3. The van der Waals surface area contributed by atoms with E-state index in [0.29, 0.717) is 18.7 Å². The molecule has 8 nitrogen and oxygen atoms in total. The summed E-state index contributed by atoms with van der Waals surface area (Å²) in [6.07, 6.45) is 3.86. The standard InChI is InChI=1S/C11H17N5O3/c1-16-7-13-15-8(16)6-12-10(19)14-11(3-2-4-11)5-9(17)18/h7H,2-6H2,1H3,(H,17,18)(H2,12,14,19). The minimum Gasteiger partial charge on any atom is -0.481 e. The van der Waals surface area contributed by atoms with Crippen molar-refractivity contribution in [2.75, 3.05) is 0 Å². The van der Waals surface area contributed by atoms with Gasteiger partial charge in [-0.1, -0.05) is 0 Å². The summed E-state index contributed by atoms with van der Waals surface area (Å²) in [7, 11) is 1.78. The number of urea groups is 1. The molecule has 0 radical (unpaired) electrons. The van der Waals surface area contributed by atoms with Crippen LogP contribution < -0.4 is 10.6 Å². The number of carbonyl (C=O) groups excluding carboxylic acids is 1. The Morgan fingerprint density at radius 2 is 2.26 bits per heavy atom. The molecule has 3 N–H and O–H groups in total. The molecule has 104 valence electrons. The van der Waals surface area contributed by atoms with Crippen molar-refractivity contribution in [2.45, 2.75) is 37.8 Å². The van der Waals surface area contributed by atoms with Crippen molar-refractivity contribution in [3.63, 3.8) is 0 Å². The molecule has 0 atom stereocenters. The van der Waals surface area contributed by atoms with Gasteiger partial charge in [-0.15, -0.1) is 10.2 Å². The van der Waals surface area contributed by atoms with Crippen LogP contribution in [-0.2, 0) is 18.4 Å². The van der Waals surface area contributed by atoms with E-state index in [2.05, 4.69) is 20.8 Å². The Balaban J connectivity index is 1.83. The first-order valence-electron chi connectivity index (χ1n) is 6.11. The summed E-state index contributed by atoms with van der Waals surface area (Å²) >= 11 is 0. The van der Waals surface area contributed by atoms with Crippen molar-refractivity contribution in [3.8, 4) is 0 Å². The van der Waals surface area contributed by atoms with Crippen molar-refractivity contribution < 1.29 is 14.7 Å². The Kier molecular flexibility index (Phi) is 3.68. The number of nitrogens with one attached hydrogen (secondary N) is 2. The van der Waals surface area contributed by atoms with Gasteiger partial charge in [0.1, 0.15) is 6.33 Å². The van der Waals surface area contributed by atoms with E-state index in [1.807, 2.05) is 0 Å². The number of amides is 2. The van der Waals surface area contributed by atoms with Gasteiger partial charge in [-0.3, -0.25) is 4.79 Å². The Hall–Kier alpha value is -2.12. The van der Waals surface area contributed by atoms with Crippen LogP contribution in [0.15, 0.2) is 6.33 Å². The third-order valence-corrected chi connectivity index (χ3v) is 3.39. The Morgan fingerprint density at radius 3 is 2.74 bits per heavy atom. The minimum atomic E-state index is -0.895. The summed E-state index contributed by atoms with van der Waals surface area (Å²) in [6.45, 7) is 0.255. The lowest BCUT2D eigenvalue weighted by Crippen LogP contribution is -2.57.